The van der Waals surface area contributed by atoms with Crippen molar-refractivity contribution < 1.29 is 13.2 Å². The molecule has 0 saturated carbocycles. The second kappa shape index (κ2) is 4.21. The summed E-state index contributed by atoms with van der Waals surface area (Å²) >= 11 is 0. The minimum absolute atomic E-state index is 0.157. The predicted molar refractivity (Wildman–Crippen MR) is 55.6 cm³/mol. The molecule has 1 aromatic carbocycles. The number of hydrogen-bond acceptors (Lipinski definition) is 2. The predicted octanol–water partition coefficient (Wildman–Crippen LogP) is 1.89. The number of aromatic nitrogens is 2. The normalized spacial score (nSPS) is 12.8. The highest BCUT2D eigenvalue weighted by Gasteiger charge is 2.17. The van der Waals surface area contributed by atoms with Crippen LogP contribution in [-0.4, -0.2) is 9.78 Å². The summed E-state index contributed by atoms with van der Waals surface area (Å²) < 4.78 is 40.4. The van der Waals surface area contributed by atoms with Gasteiger partial charge in [-0.1, -0.05) is 0 Å². The average Bonchev–Trinajstić information content (AvgIpc) is 2.70. The minimum atomic E-state index is -1.49. The van der Waals surface area contributed by atoms with E-state index in [2.05, 4.69) is 5.10 Å². The van der Waals surface area contributed by atoms with Crippen LogP contribution in [0, 0.1) is 17.5 Å². The van der Waals surface area contributed by atoms with Crippen LogP contribution in [0.2, 0.25) is 0 Å². The number of nitrogens with zero attached hydrogens (tertiary/aromatic N) is 2. The number of hydrogen-bond donors (Lipinski definition) is 1. The smallest absolute Gasteiger partial charge is 0.194 e. The molecule has 6 heteroatoms. The Morgan fingerprint density at radius 2 is 1.82 bits per heavy atom. The Morgan fingerprint density at radius 1 is 1.24 bits per heavy atom. The minimum Gasteiger partial charge on any atom is -0.319 e. The van der Waals surface area contributed by atoms with Crippen molar-refractivity contribution in [1.82, 2.24) is 9.78 Å². The Bertz CT molecular complexity index is 528. The van der Waals surface area contributed by atoms with Crippen molar-refractivity contribution in [3.8, 4) is 0 Å². The van der Waals surface area contributed by atoms with Crippen LogP contribution in [0.5, 0.6) is 0 Å². The maximum absolute atomic E-state index is 13.0. The van der Waals surface area contributed by atoms with Crippen LogP contribution in [-0.2, 0) is 7.05 Å². The first-order valence-electron chi connectivity index (χ1n) is 4.88. The number of nitrogens with two attached hydrogens (primary N) is 1. The molecule has 3 nitrogen and oxygen atoms in total. The van der Waals surface area contributed by atoms with Crippen molar-refractivity contribution in [1.29, 1.82) is 0 Å². The molecule has 0 aliphatic carbocycles. The van der Waals surface area contributed by atoms with Gasteiger partial charge in [-0.25, -0.2) is 13.2 Å². The van der Waals surface area contributed by atoms with E-state index in [0.717, 1.165) is 12.1 Å². The van der Waals surface area contributed by atoms with E-state index in [-0.39, 0.29) is 5.56 Å². The summed E-state index contributed by atoms with van der Waals surface area (Å²) in [5, 5.41) is 3.90. The maximum Gasteiger partial charge on any atom is 0.194 e. The SMILES string of the molecule is Cn1nccc1C(N)c1cc(F)c(F)c(F)c1. The molecule has 2 N–H and O–H groups in total. The first-order chi connectivity index (χ1) is 8.00. The molecule has 0 spiro atoms. The van der Waals surface area contributed by atoms with Crippen molar-refractivity contribution in [3.63, 3.8) is 0 Å². The highest BCUT2D eigenvalue weighted by Crippen LogP contribution is 2.22. The standard InChI is InChI=1S/C11H10F3N3/c1-17-9(2-3-16-17)11(15)6-4-7(12)10(14)8(13)5-6/h2-5,11H,15H2,1H3. The molecule has 0 amide bonds. The van der Waals surface area contributed by atoms with Crippen molar-refractivity contribution in [2.45, 2.75) is 6.04 Å². The second-order valence-electron chi connectivity index (χ2n) is 3.66. The third-order valence-corrected chi connectivity index (χ3v) is 2.54. The maximum atomic E-state index is 13.0. The van der Waals surface area contributed by atoms with Crippen LogP contribution in [0.3, 0.4) is 0 Å². The zero-order valence-corrected chi connectivity index (χ0v) is 8.99. The lowest BCUT2D eigenvalue weighted by molar-refractivity contribution is 0.444. The third-order valence-electron chi connectivity index (χ3n) is 2.54. The zero-order valence-electron chi connectivity index (χ0n) is 8.99. The summed E-state index contributed by atoms with van der Waals surface area (Å²) in [5.74, 6) is -4.00. The van der Waals surface area contributed by atoms with Crippen molar-refractivity contribution in [2.75, 3.05) is 0 Å². The largest absolute Gasteiger partial charge is 0.319 e. The Balaban J connectivity index is 2.45. The molecule has 1 aromatic heterocycles. The summed E-state index contributed by atoms with van der Waals surface area (Å²) in [6.45, 7) is 0. The van der Waals surface area contributed by atoms with Gasteiger partial charge < -0.3 is 5.73 Å². The van der Waals surface area contributed by atoms with Crippen LogP contribution in [0.1, 0.15) is 17.3 Å². The fourth-order valence-corrected chi connectivity index (χ4v) is 1.61. The monoisotopic (exact) mass is 241 g/mol. The molecule has 2 aromatic rings. The topological polar surface area (TPSA) is 43.8 Å². The van der Waals surface area contributed by atoms with E-state index < -0.39 is 23.5 Å². The van der Waals surface area contributed by atoms with E-state index in [9.17, 15) is 13.2 Å². The summed E-state index contributed by atoms with van der Waals surface area (Å²) in [4.78, 5) is 0. The van der Waals surface area contributed by atoms with Gasteiger partial charge in [0.25, 0.3) is 0 Å². The van der Waals surface area contributed by atoms with Gasteiger partial charge in [-0.15, -0.1) is 0 Å². The second-order valence-corrected chi connectivity index (χ2v) is 3.66. The summed E-state index contributed by atoms with van der Waals surface area (Å²) in [5.41, 5.74) is 6.57. The van der Waals surface area contributed by atoms with Gasteiger partial charge in [0.1, 0.15) is 0 Å². The highest BCUT2D eigenvalue weighted by atomic mass is 19.2. The van der Waals surface area contributed by atoms with Crippen LogP contribution in [0.4, 0.5) is 13.2 Å². The first-order valence-corrected chi connectivity index (χ1v) is 4.88. The Kier molecular flexibility index (Phi) is 2.89. The summed E-state index contributed by atoms with van der Waals surface area (Å²) in [6, 6.07) is 2.64. The molecular weight excluding hydrogens is 231 g/mol. The zero-order chi connectivity index (χ0) is 12.6. The fourth-order valence-electron chi connectivity index (χ4n) is 1.61. The molecule has 1 heterocycles. The molecule has 0 radical (unpaired) electrons. The lowest BCUT2D eigenvalue weighted by Gasteiger charge is -2.13. The van der Waals surface area contributed by atoms with Crippen molar-refractivity contribution in [3.05, 3.63) is 53.1 Å². The average molecular weight is 241 g/mol. The molecule has 0 fully saturated rings. The highest BCUT2D eigenvalue weighted by molar-refractivity contribution is 5.28. The van der Waals surface area contributed by atoms with Gasteiger partial charge in [-0.2, -0.15) is 5.10 Å². The van der Waals surface area contributed by atoms with Gasteiger partial charge in [0.05, 0.1) is 11.7 Å². The van der Waals surface area contributed by atoms with Crippen molar-refractivity contribution >= 4 is 0 Å². The molecule has 0 saturated heterocycles. The van der Waals surface area contributed by atoms with Gasteiger partial charge in [-0.05, 0) is 23.8 Å². The molecule has 0 aliphatic rings. The van der Waals surface area contributed by atoms with Gasteiger partial charge in [-0.3, -0.25) is 4.68 Å². The lowest BCUT2D eigenvalue weighted by Crippen LogP contribution is -2.16. The van der Waals surface area contributed by atoms with E-state index in [1.807, 2.05) is 0 Å². The molecule has 17 heavy (non-hydrogen) atoms. The lowest BCUT2D eigenvalue weighted by atomic mass is 10.0. The molecule has 1 atom stereocenters. The molecule has 0 aliphatic heterocycles. The van der Waals surface area contributed by atoms with Crippen LogP contribution in [0.25, 0.3) is 0 Å². The fraction of sp³-hybridized carbons (Fsp3) is 0.182. The van der Waals surface area contributed by atoms with E-state index in [0.29, 0.717) is 5.69 Å². The van der Waals surface area contributed by atoms with Gasteiger partial charge >= 0.3 is 0 Å². The van der Waals surface area contributed by atoms with Gasteiger partial charge in [0, 0.05) is 13.2 Å². The Morgan fingerprint density at radius 3 is 2.29 bits per heavy atom. The number of halogens is 3. The van der Waals surface area contributed by atoms with E-state index in [4.69, 9.17) is 5.73 Å². The molecule has 90 valence electrons. The number of rotatable bonds is 2. The molecule has 0 bridgehead atoms. The molecule has 1 unspecified atom stereocenters. The van der Waals surface area contributed by atoms with E-state index in [1.165, 1.54) is 10.9 Å². The van der Waals surface area contributed by atoms with Crippen LogP contribution >= 0.6 is 0 Å². The molecular formula is C11H10F3N3. The van der Waals surface area contributed by atoms with E-state index in [1.54, 1.807) is 13.1 Å². The molecule has 2 rings (SSSR count). The van der Waals surface area contributed by atoms with Crippen molar-refractivity contribution in [2.24, 2.45) is 12.8 Å². The van der Waals surface area contributed by atoms with Crippen LogP contribution < -0.4 is 5.73 Å². The van der Waals surface area contributed by atoms with Gasteiger partial charge in [0.2, 0.25) is 0 Å². The van der Waals surface area contributed by atoms with E-state index >= 15 is 0 Å². The Hall–Kier alpha value is -1.82. The Labute approximate surface area is 95.7 Å². The summed E-state index contributed by atoms with van der Waals surface area (Å²) in [6.07, 6.45) is 1.52. The van der Waals surface area contributed by atoms with Gasteiger partial charge in [0.15, 0.2) is 17.5 Å². The summed E-state index contributed by atoms with van der Waals surface area (Å²) in [7, 11) is 1.66. The van der Waals surface area contributed by atoms with Crippen LogP contribution in [0.15, 0.2) is 24.4 Å². The number of aryl methyl sites for hydroxylation is 1. The third kappa shape index (κ3) is 2.03. The quantitative estimate of drug-likeness (QED) is 0.816. The first kappa shape index (κ1) is 11.7. The number of benzene rings is 1.